The first-order valence-corrected chi connectivity index (χ1v) is 4.54. The van der Waals surface area contributed by atoms with Crippen LogP contribution < -0.4 is 10.6 Å². The normalized spacial score (nSPS) is 28.3. The zero-order valence-electron chi connectivity index (χ0n) is 5.81. The highest BCUT2D eigenvalue weighted by atomic mass is 32.2. The summed E-state index contributed by atoms with van der Waals surface area (Å²) in [5.74, 6) is 1.25. The van der Waals surface area contributed by atoms with Gasteiger partial charge >= 0.3 is 0 Å². The minimum absolute atomic E-state index is 0.656. The lowest BCUT2D eigenvalue weighted by atomic mass is 10.5. The van der Waals surface area contributed by atoms with Crippen molar-refractivity contribution in [2.24, 2.45) is 0 Å². The van der Waals surface area contributed by atoms with Gasteiger partial charge in [0.15, 0.2) is 0 Å². The van der Waals surface area contributed by atoms with E-state index in [0.717, 1.165) is 13.1 Å². The molecule has 0 amide bonds. The van der Waals surface area contributed by atoms with E-state index in [1.807, 2.05) is 11.8 Å². The van der Waals surface area contributed by atoms with Gasteiger partial charge in [0.05, 0.1) is 5.37 Å². The summed E-state index contributed by atoms with van der Waals surface area (Å²) in [6, 6.07) is 0. The Bertz CT molecular complexity index is 68.7. The zero-order valence-corrected chi connectivity index (χ0v) is 6.63. The number of thioether (sulfide) groups is 1. The predicted molar refractivity (Wildman–Crippen MR) is 42.8 cm³/mol. The molecule has 0 radical (unpaired) electrons. The predicted octanol–water partition coefficient (Wildman–Crippen LogP) is 0.258. The summed E-state index contributed by atoms with van der Waals surface area (Å²) in [5, 5.41) is 7.38. The molecular weight excluding hydrogens is 132 g/mol. The van der Waals surface area contributed by atoms with Gasteiger partial charge in [-0.15, -0.1) is 11.8 Å². The van der Waals surface area contributed by atoms with Crippen LogP contribution in [0.1, 0.15) is 6.92 Å². The highest BCUT2D eigenvalue weighted by molar-refractivity contribution is 7.99. The van der Waals surface area contributed by atoms with Gasteiger partial charge < -0.3 is 10.6 Å². The maximum absolute atomic E-state index is 3.38. The molecule has 9 heavy (non-hydrogen) atoms. The molecule has 1 rings (SSSR count). The molecule has 1 heterocycles. The standard InChI is InChI=1S/C6H14N2S/c1-2-8-6-5-7-3-4-9-6/h6-8H,2-5H2,1H3. The molecule has 0 aromatic rings. The van der Waals surface area contributed by atoms with Crippen LogP contribution in [0, 0.1) is 0 Å². The van der Waals surface area contributed by atoms with E-state index in [1.54, 1.807) is 0 Å². The molecule has 1 atom stereocenters. The summed E-state index contributed by atoms with van der Waals surface area (Å²) < 4.78 is 0. The summed E-state index contributed by atoms with van der Waals surface area (Å²) in [6.07, 6.45) is 0. The van der Waals surface area contributed by atoms with E-state index >= 15 is 0 Å². The Morgan fingerprint density at radius 3 is 3.22 bits per heavy atom. The molecule has 2 N–H and O–H groups in total. The highest BCUT2D eigenvalue weighted by Gasteiger charge is 2.10. The lowest BCUT2D eigenvalue weighted by Gasteiger charge is -2.22. The van der Waals surface area contributed by atoms with Crippen LogP contribution in [0.2, 0.25) is 0 Å². The lowest BCUT2D eigenvalue weighted by molar-refractivity contribution is 0.592. The van der Waals surface area contributed by atoms with Crippen LogP contribution in [0.4, 0.5) is 0 Å². The van der Waals surface area contributed by atoms with Crippen molar-refractivity contribution in [1.82, 2.24) is 10.6 Å². The smallest absolute Gasteiger partial charge is 0.0659 e. The van der Waals surface area contributed by atoms with Crippen LogP contribution in [0.15, 0.2) is 0 Å². The Morgan fingerprint density at radius 2 is 2.67 bits per heavy atom. The van der Waals surface area contributed by atoms with Gasteiger partial charge in [-0.3, -0.25) is 0 Å². The van der Waals surface area contributed by atoms with Crippen molar-refractivity contribution >= 4 is 11.8 Å². The third kappa shape index (κ3) is 2.56. The van der Waals surface area contributed by atoms with Crippen molar-refractivity contribution in [2.75, 3.05) is 25.4 Å². The van der Waals surface area contributed by atoms with E-state index in [4.69, 9.17) is 0 Å². The van der Waals surface area contributed by atoms with E-state index in [-0.39, 0.29) is 0 Å². The first-order chi connectivity index (χ1) is 4.43. The quantitative estimate of drug-likeness (QED) is 0.584. The first-order valence-electron chi connectivity index (χ1n) is 3.49. The SMILES string of the molecule is CCNC1CNCCS1. The molecule has 0 aliphatic carbocycles. The summed E-state index contributed by atoms with van der Waals surface area (Å²) in [5.41, 5.74) is 0. The van der Waals surface area contributed by atoms with Crippen LogP contribution in [-0.4, -0.2) is 30.8 Å². The van der Waals surface area contributed by atoms with Crippen molar-refractivity contribution in [3.8, 4) is 0 Å². The maximum Gasteiger partial charge on any atom is 0.0659 e. The molecule has 2 nitrogen and oxygen atoms in total. The fourth-order valence-corrected chi connectivity index (χ4v) is 1.99. The third-order valence-corrected chi connectivity index (χ3v) is 2.53. The van der Waals surface area contributed by atoms with Crippen molar-refractivity contribution in [1.29, 1.82) is 0 Å². The van der Waals surface area contributed by atoms with Gasteiger partial charge in [-0.25, -0.2) is 0 Å². The van der Waals surface area contributed by atoms with Gasteiger partial charge in [0.1, 0.15) is 0 Å². The van der Waals surface area contributed by atoms with Crippen LogP contribution in [0.3, 0.4) is 0 Å². The topological polar surface area (TPSA) is 24.1 Å². The Kier molecular flexibility index (Phi) is 3.40. The van der Waals surface area contributed by atoms with Gasteiger partial charge in [-0.05, 0) is 6.54 Å². The molecule has 1 aliphatic heterocycles. The van der Waals surface area contributed by atoms with Gasteiger partial charge in [0, 0.05) is 18.8 Å². The second kappa shape index (κ2) is 4.14. The van der Waals surface area contributed by atoms with E-state index in [0.29, 0.717) is 5.37 Å². The van der Waals surface area contributed by atoms with Gasteiger partial charge in [0.25, 0.3) is 0 Å². The molecule has 1 fully saturated rings. The van der Waals surface area contributed by atoms with E-state index < -0.39 is 0 Å². The molecule has 0 spiro atoms. The summed E-state index contributed by atoms with van der Waals surface area (Å²) in [7, 11) is 0. The summed E-state index contributed by atoms with van der Waals surface area (Å²) in [4.78, 5) is 0. The van der Waals surface area contributed by atoms with Crippen molar-refractivity contribution in [3.63, 3.8) is 0 Å². The fourth-order valence-electron chi connectivity index (χ4n) is 0.924. The molecule has 0 bridgehead atoms. The van der Waals surface area contributed by atoms with Crippen molar-refractivity contribution in [3.05, 3.63) is 0 Å². The van der Waals surface area contributed by atoms with Crippen LogP contribution in [0.25, 0.3) is 0 Å². The first kappa shape index (κ1) is 7.38. The number of hydrogen-bond donors (Lipinski definition) is 2. The van der Waals surface area contributed by atoms with Crippen molar-refractivity contribution in [2.45, 2.75) is 12.3 Å². The molecule has 1 saturated heterocycles. The molecule has 1 aliphatic rings. The van der Waals surface area contributed by atoms with Crippen LogP contribution in [-0.2, 0) is 0 Å². The molecule has 0 saturated carbocycles. The lowest BCUT2D eigenvalue weighted by Crippen LogP contribution is -2.41. The van der Waals surface area contributed by atoms with Gasteiger partial charge in [0.2, 0.25) is 0 Å². The molecule has 54 valence electrons. The maximum atomic E-state index is 3.38. The highest BCUT2D eigenvalue weighted by Crippen LogP contribution is 2.09. The molecular formula is C6H14N2S. The number of likely N-dealkylation sites (N-methyl/N-ethyl adjacent to an activating group) is 1. The summed E-state index contributed by atoms with van der Waals surface area (Å²) in [6.45, 7) is 5.53. The van der Waals surface area contributed by atoms with Gasteiger partial charge in [-0.1, -0.05) is 6.92 Å². The third-order valence-electron chi connectivity index (χ3n) is 1.36. The van der Waals surface area contributed by atoms with Crippen molar-refractivity contribution < 1.29 is 0 Å². The Hall–Kier alpha value is 0.270. The van der Waals surface area contributed by atoms with Crippen LogP contribution >= 0.6 is 11.8 Å². The molecule has 1 unspecified atom stereocenters. The second-order valence-corrected chi connectivity index (χ2v) is 3.43. The molecule has 0 aromatic heterocycles. The van der Waals surface area contributed by atoms with E-state index in [2.05, 4.69) is 17.6 Å². The minimum atomic E-state index is 0.656. The van der Waals surface area contributed by atoms with E-state index in [1.165, 1.54) is 12.3 Å². The number of hydrogen-bond acceptors (Lipinski definition) is 3. The number of nitrogens with one attached hydrogen (secondary N) is 2. The largest absolute Gasteiger partial charge is 0.314 e. The molecule has 0 aromatic carbocycles. The van der Waals surface area contributed by atoms with Gasteiger partial charge in [-0.2, -0.15) is 0 Å². The second-order valence-electron chi connectivity index (χ2n) is 2.12. The Morgan fingerprint density at radius 1 is 1.78 bits per heavy atom. The Balaban J connectivity index is 2.08. The van der Waals surface area contributed by atoms with Crippen LogP contribution in [0.5, 0.6) is 0 Å². The fraction of sp³-hybridized carbons (Fsp3) is 1.00. The summed E-state index contributed by atoms with van der Waals surface area (Å²) >= 11 is 2.01. The minimum Gasteiger partial charge on any atom is -0.314 e. The average Bonchev–Trinajstić information content (AvgIpc) is 1.91. The van der Waals surface area contributed by atoms with E-state index in [9.17, 15) is 0 Å². The monoisotopic (exact) mass is 146 g/mol. The molecule has 3 heteroatoms. The zero-order chi connectivity index (χ0) is 6.53. The average molecular weight is 146 g/mol. The Labute approximate surface area is 60.8 Å². The number of rotatable bonds is 2.